The summed E-state index contributed by atoms with van der Waals surface area (Å²) in [6, 6.07) is 17.7. The lowest BCUT2D eigenvalue weighted by Gasteiger charge is -2.41. The fraction of sp³-hybridized carbons (Fsp3) is 0.523. The average molecular weight is 808 g/mol. The standard InChI is InChI=1S/C42H52FN3O8.C2H6S/c1-6-19-51-27-53-32-22-28(21-29(23-32)34-10-7-8-11-36(34)43)33-16-18-44(41(49)54-42(2,3)4)25-35(33)40(48)46(30-12-13-30)31-14-15-38-37(24-31)45(17-9-20-50-5)39(47)26-52-38;1-3-2/h7-8,10-11,14-15,21-24,30,33,35H,6,9,12-13,16-20,25-27H2,1-5H3;1-2H3/t33-,35+;/m1./s1. The molecule has 2 heterocycles. The third kappa shape index (κ3) is 11.6. The normalized spacial score (nSPS) is 17.9. The van der Waals surface area contributed by atoms with Crippen LogP contribution in [0.2, 0.25) is 0 Å². The average Bonchev–Trinajstić information content (AvgIpc) is 4.02. The van der Waals surface area contributed by atoms with Crippen LogP contribution in [0.4, 0.5) is 20.6 Å². The Hall–Kier alpha value is -4.33. The highest BCUT2D eigenvalue weighted by molar-refractivity contribution is 7.97. The van der Waals surface area contributed by atoms with Crippen molar-refractivity contribution >= 4 is 41.0 Å². The SMILES string of the molecule is CCCOCOc1cc(-c2ccccc2F)cc([C@H]2CCN(C(=O)OC(C)(C)C)C[C@@H]2C(=O)N(c2ccc3c(c2)N(CCCOC)C(=O)CO3)C2CC2)c1.CSC. The van der Waals surface area contributed by atoms with Crippen molar-refractivity contribution in [3.05, 3.63) is 72.0 Å². The van der Waals surface area contributed by atoms with Gasteiger partial charge in [0.1, 0.15) is 22.9 Å². The fourth-order valence-corrected chi connectivity index (χ4v) is 7.16. The maximum atomic E-state index is 15.2. The number of carbonyl (C=O) groups is 3. The Kier molecular flexibility index (Phi) is 15.7. The Labute approximate surface area is 341 Å². The molecule has 1 saturated carbocycles. The van der Waals surface area contributed by atoms with Gasteiger partial charge in [0, 0.05) is 50.6 Å². The lowest BCUT2D eigenvalue weighted by Crippen LogP contribution is -2.51. The van der Waals surface area contributed by atoms with Crippen LogP contribution < -0.4 is 19.3 Å². The van der Waals surface area contributed by atoms with Crippen molar-refractivity contribution in [1.29, 1.82) is 0 Å². The first kappa shape index (κ1) is 43.8. The molecule has 3 aliphatic rings. The highest BCUT2D eigenvalue weighted by Gasteiger charge is 2.44. The first-order chi connectivity index (χ1) is 27.4. The molecule has 1 saturated heterocycles. The molecule has 0 spiro atoms. The van der Waals surface area contributed by atoms with Crippen LogP contribution in [0.1, 0.15) is 71.3 Å². The minimum atomic E-state index is -0.717. The van der Waals surface area contributed by atoms with Gasteiger partial charge < -0.3 is 38.4 Å². The molecule has 6 rings (SSSR count). The van der Waals surface area contributed by atoms with Crippen molar-refractivity contribution in [2.45, 2.75) is 77.4 Å². The van der Waals surface area contributed by atoms with Gasteiger partial charge in [0.15, 0.2) is 13.4 Å². The lowest BCUT2D eigenvalue weighted by atomic mass is 9.78. The molecule has 3 aromatic carbocycles. The number of ether oxygens (including phenoxy) is 5. The van der Waals surface area contributed by atoms with Crippen LogP contribution in [-0.4, -0.2) is 100 Å². The molecule has 2 aliphatic heterocycles. The number of fused-ring (bicyclic) bond motifs is 1. The Morgan fingerprint density at radius 1 is 1.02 bits per heavy atom. The van der Waals surface area contributed by atoms with Crippen LogP contribution >= 0.6 is 11.8 Å². The highest BCUT2D eigenvalue weighted by Crippen LogP contribution is 2.44. The van der Waals surface area contributed by atoms with Crippen LogP contribution in [0.3, 0.4) is 0 Å². The Morgan fingerprint density at radius 3 is 2.46 bits per heavy atom. The van der Waals surface area contributed by atoms with Crippen LogP contribution in [0.15, 0.2) is 60.7 Å². The second-order valence-corrected chi connectivity index (χ2v) is 16.4. The molecule has 2 atom stereocenters. The summed E-state index contributed by atoms with van der Waals surface area (Å²) in [6.07, 6.45) is 7.18. The number of piperidine rings is 1. The molecule has 0 bridgehead atoms. The molecule has 2 fully saturated rings. The minimum absolute atomic E-state index is 0.0238. The van der Waals surface area contributed by atoms with Gasteiger partial charge in [-0.2, -0.15) is 11.8 Å². The molecule has 0 N–H and O–H groups in total. The molecule has 0 aromatic heterocycles. The Bertz CT molecular complexity index is 1830. The summed E-state index contributed by atoms with van der Waals surface area (Å²) in [7, 11) is 1.63. The van der Waals surface area contributed by atoms with Crippen molar-refractivity contribution < 1.29 is 42.5 Å². The van der Waals surface area contributed by atoms with E-state index >= 15 is 9.18 Å². The zero-order chi connectivity index (χ0) is 41.1. The van der Waals surface area contributed by atoms with E-state index in [2.05, 4.69) is 0 Å². The van der Waals surface area contributed by atoms with Gasteiger partial charge in [-0.3, -0.25) is 9.59 Å². The van der Waals surface area contributed by atoms with E-state index in [0.717, 1.165) is 24.8 Å². The van der Waals surface area contributed by atoms with Crippen LogP contribution in [-0.2, 0) is 23.8 Å². The number of rotatable bonds is 14. The van der Waals surface area contributed by atoms with Gasteiger partial charge in [-0.15, -0.1) is 0 Å². The molecular weight excluding hydrogens is 750 g/mol. The molecule has 3 aromatic rings. The number of hydrogen-bond donors (Lipinski definition) is 0. The van der Waals surface area contributed by atoms with Gasteiger partial charge in [-0.05, 0) is 119 Å². The van der Waals surface area contributed by atoms with Crippen molar-refractivity contribution in [3.63, 3.8) is 0 Å². The molecule has 57 heavy (non-hydrogen) atoms. The van der Waals surface area contributed by atoms with Crippen molar-refractivity contribution in [2.24, 2.45) is 5.92 Å². The second-order valence-electron chi connectivity index (χ2n) is 15.5. The molecule has 1 aliphatic carbocycles. The number of thioether (sulfide) groups is 1. The van der Waals surface area contributed by atoms with E-state index < -0.39 is 17.6 Å². The van der Waals surface area contributed by atoms with E-state index in [-0.39, 0.29) is 49.5 Å². The van der Waals surface area contributed by atoms with Crippen LogP contribution in [0, 0.1) is 11.7 Å². The van der Waals surface area contributed by atoms with Gasteiger partial charge in [0.05, 0.1) is 18.2 Å². The van der Waals surface area contributed by atoms with Crippen molar-refractivity contribution in [3.8, 4) is 22.6 Å². The van der Waals surface area contributed by atoms with E-state index in [9.17, 15) is 9.59 Å². The number of carbonyl (C=O) groups excluding carboxylic acids is 3. The summed E-state index contributed by atoms with van der Waals surface area (Å²) in [4.78, 5) is 46.8. The summed E-state index contributed by atoms with van der Waals surface area (Å²) in [5.41, 5.74) is 2.37. The van der Waals surface area contributed by atoms with E-state index in [1.165, 1.54) is 6.07 Å². The molecule has 13 heteroatoms. The van der Waals surface area contributed by atoms with Gasteiger partial charge in [0.2, 0.25) is 5.91 Å². The number of hydrogen-bond acceptors (Lipinski definition) is 9. The third-order valence-corrected chi connectivity index (χ3v) is 9.82. The van der Waals surface area contributed by atoms with E-state index in [0.29, 0.717) is 73.1 Å². The number of likely N-dealkylation sites (tertiary alicyclic amines) is 1. The smallest absolute Gasteiger partial charge is 0.410 e. The largest absolute Gasteiger partial charge is 0.482 e. The number of halogens is 1. The summed E-state index contributed by atoms with van der Waals surface area (Å²) in [5.74, 6) is -0.639. The maximum absolute atomic E-state index is 15.2. The monoisotopic (exact) mass is 807 g/mol. The van der Waals surface area contributed by atoms with E-state index in [4.69, 9.17) is 23.7 Å². The maximum Gasteiger partial charge on any atom is 0.410 e. The summed E-state index contributed by atoms with van der Waals surface area (Å²) in [6.45, 7) is 9.40. The Balaban J connectivity index is 0.00000200. The lowest BCUT2D eigenvalue weighted by molar-refractivity contribution is -0.124. The molecular formula is C44H58FN3O8S. The highest BCUT2D eigenvalue weighted by atomic mass is 32.2. The van der Waals surface area contributed by atoms with E-state index in [1.807, 2.05) is 75.4 Å². The topological polar surface area (TPSA) is 107 Å². The fourth-order valence-electron chi connectivity index (χ4n) is 7.16. The van der Waals surface area contributed by atoms with Gasteiger partial charge >= 0.3 is 6.09 Å². The predicted molar refractivity (Wildman–Crippen MR) is 223 cm³/mol. The quantitative estimate of drug-likeness (QED) is 0.117. The summed E-state index contributed by atoms with van der Waals surface area (Å²) >= 11 is 1.75. The summed E-state index contributed by atoms with van der Waals surface area (Å²) in [5, 5.41) is 0. The summed E-state index contributed by atoms with van der Waals surface area (Å²) < 4.78 is 43.7. The number of amides is 3. The molecule has 310 valence electrons. The number of benzene rings is 3. The number of anilines is 2. The molecule has 3 amide bonds. The number of methoxy groups -OCH3 is 1. The van der Waals surface area contributed by atoms with E-state index in [1.54, 1.807) is 52.9 Å². The number of nitrogens with zero attached hydrogens (tertiary/aromatic N) is 3. The van der Waals surface area contributed by atoms with Crippen molar-refractivity contribution in [1.82, 2.24) is 4.90 Å². The van der Waals surface area contributed by atoms with Gasteiger partial charge in [-0.1, -0.05) is 31.2 Å². The zero-order valence-corrected chi connectivity index (χ0v) is 35.2. The third-order valence-electron chi connectivity index (χ3n) is 9.82. The Morgan fingerprint density at radius 2 is 1.77 bits per heavy atom. The zero-order valence-electron chi connectivity index (χ0n) is 34.4. The van der Waals surface area contributed by atoms with Crippen LogP contribution in [0.25, 0.3) is 11.1 Å². The minimum Gasteiger partial charge on any atom is -0.482 e. The second kappa shape index (κ2) is 20.4. The molecule has 0 unspecified atom stereocenters. The van der Waals surface area contributed by atoms with Gasteiger partial charge in [0.25, 0.3) is 5.91 Å². The van der Waals surface area contributed by atoms with Crippen LogP contribution in [0.5, 0.6) is 11.5 Å². The van der Waals surface area contributed by atoms with Gasteiger partial charge in [-0.25, -0.2) is 9.18 Å². The van der Waals surface area contributed by atoms with Crippen molar-refractivity contribution in [2.75, 3.05) is 75.7 Å². The first-order valence-corrected chi connectivity index (χ1v) is 21.4. The molecule has 11 nitrogen and oxygen atoms in total. The molecule has 0 radical (unpaired) electrons. The first-order valence-electron chi connectivity index (χ1n) is 19.8. The predicted octanol–water partition coefficient (Wildman–Crippen LogP) is 8.53.